The Balaban J connectivity index is 1.77. The van der Waals surface area contributed by atoms with E-state index >= 15 is 0 Å². The molecule has 2 aromatic rings. The van der Waals surface area contributed by atoms with E-state index in [9.17, 15) is 4.79 Å². The molecule has 6 nitrogen and oxygen atoms in total. The third-order valence-electron chi connectivity index (χ3n) is 8.71. The van der Waals surface area contributed by atoms with Crippen molar-refractivity contribution in [1.82, 2.24) is 0 Å². The molecular formula is C28H36O6. The highest BCUT2D eigenvalue weighted by Crippen LogP contribution is 2.66. The number of rotatable bonds is 8. The fourth-order valence-corrected chi connectivity index (χ4v) is 6.05. The lowest BCUT2D eigenvalue weighted by molar-refractivity contribution is -0.157. The van der Waals surface area contributed by atoms with Crippen molar-refractivity contribution in [2.24, 2.45) is 16.7 Å². The molecule has 6 heteroatoms. The summed E-state index contributed by atoms with van der Waals surface area (Å²) in [6.45, 7) is 6.90. The number of carbonyl (C=O) groups excluding carboxylic acids is 1. The minimum Gasteiger partial charge on any atom is -0.497 e. The quantitative estimate of drug-likeness (QED) is 0.469. The van der Waals surface area contributed by atoms with E-state index in [1.165, 1.54) is 6.42 Å². The van der Waals surface area contributed by atoms with Gasteiger partial charge in [0.2, 0.25) is 0 Å². The van der Waals surface area contributed by atoms with Crippen LogP contribution in [0.2, 0.25) is 0 Å². The molecule has 0 spiro atoms. The van der Waals surface area contributed by atoms with E-state index in [0.29, 0.717) is 40.0 Å². The minimum absolute atomic E-state index is 0.0358. The molecule has 0 heterocycles. The number of esters is 1. The maximum Gasteiger partial charge on any atom is 0.318 e. The lowest BCUT2D eigenvalue weighted by Gasteiger charge is -2.39. The first kappa shape index (κ1) is 24.2. The second-order valence-electron chi connectivity index (χ2n) is 10.2. The summed E-state index contributed by atoms with van der Waals surface area (Å²) in [6.07, 6.45) is 3.05. The largest absolute Gasteiger partial charge is 0.497 e. The lowest BCUT2D eigenvalue weighted by Crippen LogP contribution is -2.39. The number of methoxy groups -OCH3 is 4. The summed E-state index contributed by atoms with van der Waals surface area (Å²) < 4.78 is 28.5. The van der Waals surface area contributed by atoms with Gasteiger partial charge in [-0.05, 0) is 42.7 Å². The predicted molar refractivity (Wildman–Crippen MR) is 130 cm³/mol. The normalized spacial score (nSPS) is 24.7. The van der Waals surface area contributed by atoms with Crippen LogP contribution in [0.3, 0.4) is 0 Å². The van der Waals surface area contributed by atoms with E-state index in [4.69, 9.17) is 23.7 Å². The van der Waals surface area contributed by atoms with Crippen molar-refractivity contribution in [3.63, 3.8) is 0 Å². The number of hydrogen-bond acceptors (Lipinski definition) is 6. The predicted octanol–water partition coefficient (Wildman–Crippen LogP) is 5.61. The molecule has 3 atom stereocenters. The van der Waals surface area contributed by atoms with Gasteiger partial charge in [0.1, 0.15) is 35.0 Å². The van der Waals surface area contributed by atoms with E-state index in [1.807, 2.05) is 24.3 Å². The van der Waals surface area contributed by atoms with Crippen molar-refractivity contribution < 1.29 is 28.5 Å². The average molecular weight is 469 g/mol. The molecule has 2 aliphatic rings. The van der Waals surface area contributed by atoms with Crippen molar-refractivity contribution in [3.8, 4) is 23.0 Å². The fraction of sp³-hybridized carbons (Fsp3) is 0.536. The Morgan fingerprint density at radius 3 is 1.76 bits per heavy atom. The van der Waals surface area contributed by atoms with Crippen molar-refractivity contribution in [1.29, 1.82) is 0 Å². The Hall–Kier alpha value is -2.89. The first-order valence-corrected chi connectivity index (χ1v) is 11.8. The molecule has 2 bridgehead atoms. The molecule has 2 aromatic carbocycles. The molecule has 0 aliphatic heterocycles. The number of fused-ring (bicyclic) bond motifs is 2. The second-order valence-corrected chi connectivity index (χ2v) is 10.2. The van der Waals surface area contributed by atoms with Gasteiger partial charge in [0, 0.05) is 28.7 Å². The van der Waals surface area contributed by atoms with E-state index in [1.54, 1.807) is 40.6 Å². The van der Waals surface area contributed by atoms with E-state index < -0.39 is 5.92 Å². The van der Waals surface area contributed by atoms with Crippen LogP contribution in [0.4, 0.5) is 0 Å². The van der Waals surface area contributed by atoms with Gasteiger partial charge in [-0.15, -0.1) is 0 Å². The van der Waals surface area contributed by atoms with Crippen LogP contribution in [0, 0.1) is 16.7 Å². The van der Waals surface area contributed by atoms with Crippen LogP contribution in [-0.4, -0.2) is 40.5 Å². The van der Waals surface area contributed by atoms with Crippen LogP contribution < -0.4 is 18.9 Å². The van der Waals surface area contributed by atoms with E-state index in [2.05, 4.69) is 20.8 Å². The van der Waals surface area contributed by atoms with Crippen LogP contribution in [0.1, 0.15) is 57.1 Å². The molecule has 34 heavy (non-hydrogen) atoms. The number of ether oxygens (including phenoxy) is 5. The molecule has 0 amide bonds. The smallest absolute Gasteiger partial charge is 0.318 e. The van der Waals surface area contributed by atoms with Crippen LogP contribution in [0.15, 0.2) is 36.4 Å². The molecule has 3 unspecified atom stereocenters. The lowest BCUT2D eigenvalue weighted by atomic mass is 9.70. The van der Waals surface area contributed by atoms with Gasteiger partial charge in [-0.2, -0.15) is 0 Å². The highest BCUT2D eigenvalue weighted by molar-refractivity contribution is 5.85. The van der Waals surface area contributed by atoms with Crippen molar-refractivity contribution in [3.05, 3.63) is 47.5 Å². The molecule has 184 valence electrons. The summed E-state index contributed by atoms with van der Waals surface area (Å²) in [7, 11) is 6.38. The third kappa shape index (κ3) is 3.77. The molecule has 4 rings (SSSR count). The Morgan fingerprint density at radius 2 is 1.38 bits per heavy atom. The summed E-state index contributed by atoms with van der Waals surface area (Å²) in [5.74, 6) is 1.94. The Labute approximate surface area is 202 Å². The zero-order valence-corrected chi connectivity index (χ0v) is 21.3. The van der Waals surface area contributed by atoms with Gasteiger partial charge >= 0.3 is 5.97 Å². The zero-order valence-electron chi connectivity index (χ0n) is 21.3. The SMILES string of the molecule is COc1ccc(C(C(=O)OC2CC3CCC2(C)C3(C)C)c2ccc(OC)cc2OC)c(OC)c1. The van der Waals surface area contributed by atoms with Crippen LogP contribution >= 0.6 is 0 Å². The van der Waals surface area contributed by atoms with Gasteiger partial charge in [-0.25, -0.2) is 0 Å². The topological polar surface area (TPSA) is 63.2 Å². The fourth-order valence-electron chi connectivity index (χ4n) is 6.05. The molecular weight excluding hydrogens is 432 g/mol. The van der Waals surface area contributed by atoms with Gasteiger partial charge in [0.15, 0.2) is 0 Å². The average Bonchev–Trinajstić information content (AvgIpc) is 3.18. The van der Waals surface area contributed by atoms with Crippen LogP contribution in [-0.2, 0) is 9.53 Å². The molecule has 0 radical (unpaired) electrons. The minimum atomic E-state index is -0.729. The summed E-state index contributed by atoms with van der Waals surface area (Å²) in [4.78, 5) is 14.0. The standard InChI is InChI=1S/C28H36O6/c1-27(2)17-12-13-28(27,3)24(14-17)34-26(29)25(20-10-8-18(30-4)15-22(20)32-6)21-11-9-19(31-5)16-23(21)33-7/h8-11,15-17,24-25H,12-14H2,1-7H3. The maximum absolute atomic E-state index is 14.0. The third-order valence-corrected chi connectivity index (χ3v) is 8.71. The summed E-state index contributed by atoms with van der Waals surface area (Å²) in [5.41, 5.74) is 1.50. The molecule has 0 aromatic heterocycles. The van der Waals surface area contributed by atoms with Gasteiger partial charge in [0.05, 0.1) is 28.4 Å². The second kappa shape index (κ2) is 9.05. The first-order valence-electron chi connectivity index (χ1n) is 11.8. The molecule has 2 saturated carbocycles. The summed E-state index contributed by atoms with van der Waals surface area (Å²) in [6, 6.07) is 11.0. The Kier molecular flexibility index (Phi) is 6.45. The zero-order chi connectivity index (χ0) is 24.7. The highest BCUT2D eigenvalue weighted by atomic mass is 16.5. The molecule has 2 fully saturated rings. The summed E-state index contributed by atoms with van der Waals surface area (Å²) >= 11 is 0. The van der Waals surface area contributed by atoms with Crippen LogP contribution in [0.25, 0.3) is 0 Å². The van der Waals surface area contributed by atoms with Gasteiger partial charge in [-0.3, -0.25) is 4.79 Å². The molecule has 2 aliphatic carbocycles. The number of carbonyl (C=O) groups is 1. The van der Waals surface area contributed by atoms with E-state index in [0.717, 1.165) is 12.8 Å². The molecule has 0 N–H and O–H groups in total. The summed E-state index contributed by atoms with van der Waals surface area (Å²) in [5, 5.41) is 0. The van der Waals surface area contributed by atoms with Crippen LogP contribution in [0.5, 0.6) is 23.0 Å². The maximum atomic E-state index is 14.0. The van der Waals surface area contributed by atoms with Crippen molar-refractivity contribution in [2.45, 2.75) is 52.1 Å². The van der Waals surface area contributed by atoms with Crippen molar-refractivity contribution in [2.75, 3.05) is 28.4 Å². The highest BCUT2D eigenvalue weighted by Gasteiger charge is 2.63. The van der Waals surface area contributed by atoms with E-state index in [-0.39, 0.29) is 22.9 Å². The van der Waals surface area contributed by atoms with Gasteiger partial charge in [0.25, 0.3) is 0 Å². The van der Waals surface area contributed by atoms with Gasteiger partial charge in [-0.1, -0.05) is 32.9 Å². The Bertz CT molecular complexity index is 1010. The Morgan fingerprint density at radius 1 is 0.853 bits per heavy atom. The molecule has 0 saturated heterocycles. The van der Waals surface area contributed by atoms with Crippen molar-refractivity contribution >= 4 is 5.97 Å². The number of hydrogen-bond donors (Lipinski definition) is 0. The van der Waals surface area contributed by atoms with Gasteiger partial charge < -0.3 is 23.7 Å². The monoisotopic (exact) mass is 468 g/mol. The number of benzene rings is 2. The first-order chi connectivity index (χ1) is 16.2.